The maximum absolute atomic E-state index is 12.2. The van der Waals surface area contributed by atoms with Crippen molar-refractivity contribution in [2.24, 2.45) is 4.99 Å². The van der Waals surface area contributed by atoms with E-state index in [0.717, 1.165) is 0 Å². The molecule has 0 atom stereocenters. The zero-order valence-corrected chi connectivity index (χ0v) is 12.6. The summed E-state index contributed by atoms with van der Waals surface area (Å²) in [5.74, 6) is -0.190. The van der Waals surface area contributed by atoms with Crippen molar-refractivity contribution >= 4 is 23.6 Å². The van der Waals surface area contributed by atoms with E-state index in [1.54, 1.807) is 55.6 Å². The molecule has 2 aromatic carbocycles. The number of carbonyl (C=O) groups is 2. The lowest BCUT2D eigenvalue weighted by Crippen LogP contribution is -2.06. The van der Waals surface area contributed by atoms with Crippen LogP contribution in [0.3, 0.4) is 0 Å². The molecule has 24 heavy (non-hydrogen) atoms. The molecule has 118 valence electrons. The smallest absolute Gasteiger partial charge is 0.367 e. The highest BCUT2D eigenvalue weighted by Crippen LogP contribution is 2.34. The normalized spacial score (nSPS) is 18.8. The number of aliphatic imine (C=N–C) groups is 1. The molecular weight excluding hydrogens is 310 g/mol. The maximum Gasteiger partial charge on any atom is 0.367 e. The van der Waals surface area contributed by atoms with Crippen LogP contribution in [0.5, 0.6) is 5.75 Å². The molecule has 0 bridgehead atoms. The van der Waals surface area contributed by atoms with E-state index in [1.807, 2.05) is 0 Å². The molecule has 0 unspecified atom stereocenters. The number of fused-ring (bicyclic) bond motifs is 1. The van der Waals surface area contributed by atoms with Gasteiger partial charge < -0.3 is 14.2 Å². The van der Waals surface area contributed by atoms with Crippen LogP contribution in [0.1, 0.15) is 21.5 Å². The zero-order chi connectivity index (χ0) is 16.7. The second kappa shape index (κ2) is 5.34. The van der Waals surface area contributed by atoms with Crippen LogP contribution in [-0.4, -0.2) is 24.9 Å². The molecule has 2 heterocycles. The molecule has 0 saturated heterocycles. The summed E-state index contributed by atoms with van der Waals surface area (Å²) in [6.07, 6.45) is 0. The van der Waals surface area contributed by atoms with E-state index in [1.165, 1.54) is 0 Å². The minimum absolute atomic E-state index is 0.0147. The Bertz CT molecular complexity index is 925. The SMILES string of the molecule is COc1ccc(C2=N/C(=C3\OC(=O)c4ccccc43)C(=O)O2)cc1. The summed E-state index contributed by atoms with van der Waals surface area (Å²) < 4.78 is 15.5. The van der Waals surface area contributed by atoms with Crippen LogP contribution in [0.2, 0.25) is 0 Å². The lowest BCUT2D eigenvalue weighted by molar-refractivity contribution is -0.130. The highest BCUT2D eigenvalue weighted by atomic mass is 16.6. The fourth-order valence-electron chi connectivity index (χ4n) is 2.54. The molecule has 0 saturated carbocycles. The summed E-state index contributed by atoms with van der Waals surface area (Å²) >= 11 is 0. The van der Waals surface area contributed by atoms with E-state index >= 15 is 0 Å². The summed E-state index contributed by atoms with van der Waals surface area (Å²) in [6, 6.07) is 13.8. The average molecular weight is 321 g/mol. The van der Waals surface area contributed by atoms with Gasteiger partial charge in [0, 0.05) is 11.1 Å². The molecule has 4 rings (SSSR count). The second-order valence-electron chi connectivity index (χ2n) is 5.15. The summed E-state index contributed by atoms with van der Waals surface area (Å²) in [5, 5.41) is 0. The molecule has 2 aliphatic rings. The number of methoxy groups -OCH3 is 1. The number of hydrogen-bond acceptors (Lipinski definition) is 6. The van der Waals surface area contributed by atoms with Gasteiger partial charge in [-0.1, -0.05) is 18.2 Å². The van der Waals surface area contributed by atoms with Gasteiger partial charge in [-0.3, -0.25) is 0 Å². The molecule has 6 heteroatoms. The Hall–Kier alpha value is -3.41. The van der Waals surface area contributed by atoms with Gasteiger partial charge in [-0.25, -0.2) is 14.6 Å². The summed E-state index contributed by atoms with van der Waals surface area (Å²) in [6.45, 7) is 0. The number of carbonyl (C=O) groups excluding carboxylic acids is 2. The standard InChI is InChI=1S/C18H11NO5/c1-22-11-8-6-10(7-9-11)16-19-14(18(21)24-16)15-12-4-2-3-5-13(12)17(20)23-15/h2-9H,1H3/b15-14-. The number of ether oxygens (including phenoxy) is 3. The molecule has 2 aliphatic heterocycles. The first-order chi connectivity index (χ1) is 11.7. The third kappa shape index (κ3) is 2.16. The van der Waals surface area contributed by atoms with Gasteiger partial charge in [-0.2, -0.15) is 0 Å². The first-order valence-corrected chi connectivity index (χ1v) is 7.18. The van der Waals surface area contributed by atoms with E-state index in [2.05, 4.69) is 4.99 Å². The number of nitrogens with zero attached hydrogens (tertiary/aromatic N) is 1. The van der Waals surface area contributed by atoms with E-state index in [-0.39, 0.29) is 17.4 Å². The van der Waals surface area contributed by atoms with Crippen molar-refractivity contribution in [1.29, 1.82) is 0 Å². The van der Waals surface area contributed by atoms with Crippen molar-refractivity contribution in [2.75, 3.05) is 7.11 Å². The van der Waals surface area contributed by atoms with E-state index in [0.29, 0.717) is 22.4 Å². The predicted octanol–water partition coefficient (Wildman–Crippen LogP) is 2.54. The topological polar surface area (TPSA) is 74.2 Å². The third-order valence-corrected chi connectivity index (χ3v) is 3.73. The molecule has 0 spiro atoms. The third-order valence-electron chi connectivity index (χ3n) is 3.73. The number of benzene rings is 2. The van der Waals surface area contributed by atoms with Gasteiger partial charge >= 0.3 is 11.9 Å². The van der Waals surface area contributed by atoms with Crippen molar-refractivity contribution in [3.05, 3.63) is 70.9 Å². The van der Waals surface area contributed by atoms with Gasteiger partial charge in [0.05, 0.1) is 12.7 Å². The lowest BCUT2D eigenvalue weighted by Gasteiger charge is -2.01. The molecule has 2 aromatic rings. The number of rotatable bonds is 2. The van der Waals surface area contributed by atoms with Crippen LogP contribution in [-0.2, 0) is 14.3 Å². The van der Waals surface area contributed by atoms with Crippen LogP contribution in [0.4, 0.5) is 0 Å². The van der Waals surface area contributed by atoms with Crippen LogP contribution < -0.4 is 4.74 Å². The first kappa shape index (κ1) is 14.2. The van der Waals surface area contributed by atoms with Gasteiger partial charge in [-0.05, 0) is 30.3 Å². The van der Waals surface area contributed by atoms with Gasteiger partial charge in [0.1, 0.15) is 5.75 Å². The molecular formula is C18H11NO5. The van der Waals surface area contributed by atoms with E-state index in [9.17, 15) is 9.59 Å². The van der Waals surface area contributed by atoms with Gasteiger partial charge in [0.15, 0.2) is 11.5 Å². The summed E-state index contributed by atoms with van der Waals surface area (Å²) in [7, 11) is 1.57. The number of hydrogen-bond donors (Lipinski definition) is 0. The first-order valence-electron chi connectivity index (χ1n) is 7.18. The highest BCUT2D eigenvalue weighted by Gasteiger charge is 2.35. The van der Waals surface area contributed by atoms with Crippen molar-refractivity contribution < 1.29 is 23.8 Å². The van der Waals surface area contributed by atoms with Crippen molar-refractivity contribution in [3.63, 3.8) is 0 Å². The number of cyclic esters (lactones) is 2. The Labute approximate surface area is 137 Å². The zero-order valence-electron chi connectivity index (χ0n) is 12.6. The lowest BCUT2D eigenvalue weighted by atomic mass is 10.1. The van der Waals surface area contributed by atoms with Crippen LogP contribution in [0.15, 0.2) is 59.2 Å². The Morgan fingerprint density at radius 2 is 1.58 bits per heavy atom. The van der Waals surface area contributed by atoms with Crippen molar-refractivity contribution in [1.82, 2.24) is 0 Å². The van der Waals surface area contributed by atoms with E-state index < -0.39 is 11.9 Å². The van der Waals surface area contributed by atoms with Crippen LogP contribution in [0, 0.1) is 0 Å². The van der Waals surface area contributed by atoms with Crippen molar-refractivity contribution in [3.8, 4) is 5.75 Å². The van der Waals surface area contributed by atoms with Gasteiger partial charge in [0.2, 0.25) is 5.90 Å². The Kier molecular flexibility index (Phi) is 3.16. The van der Waals surface area contributed by atoms with Crippen molar-refractivity contribution in [2.45, 2.75) is 0 Å². The summed E-state index contributed by atoms with van der Waals surface area (Å²) in [4.78, 5) is 28.3. The Morgan fingerprint density at radius 3 is 2.29 bits per heavy atom. The molecule has 0 fully saturated rings. The Morgan fingerprint density at radius 1 is 0.875 bits per heavy atom. The quantitative estimate of drug-likeness (QED) is 0.628. The molecule has 6 nitrogen and oxygen atoms in total. The van der Waals surface area contributed by atoms with Crippen LogP contribution >= 0.6 is 0 Å². The largest absolute Gasteiger partial charge is 0.497 e. The van der Waals surface area contributed by atoms with Gasteiger partial charge in [-0.15, -0.1) is 0 Å². The minimum Gasteiger partial charge on any atom is -0.497 e. The second-order valence-corrected chi connectivity index (χ2v) is 5.15. The Balaban J connectivity index is 1.78. The van der Waals surface area contributed by atoms with Gasteiger partial charge in [0.25, 0.3) is 0 Å². The molecule has 0 amide bonds. The fraction of sp³-hybridized carbons (Fsp3) is 0.0556. The minimum atomic E-state index is -0.652. The fourth-order valence-corrected chi connectivity index (χ4v) is 2.54. The monoisotopic (exact) mass is 321 g/mol. The molecule has 0 aliphatic carbocycles. The molecule has 0 aromatic heterocycles. The highest BCUT2D eigenvalue weighted by molar-refractivity contribution is 6.16. The molecule has 0 N–H and O–H groups in total. The average Bonchev–Trinajstić information content (AvgIpc) is 3.16. The van der Waals surface area contributed by atoms with Crippen LogP contribution in [0.25, 0.3) is 5.76 Å². The molecule has 0 radical (unpaired) electrons. The maximum atomic E-state index is 12.2. The number of esters is 2. The summed E-state index contributed by atoms with van der Waals surface area (Å²) in [5.41, 5.74) is 1.55. The predicted molar refractivity (Wildman–Crippen MR) is 84.4 cm³/mol. The van der Waals surface area contributed by atoms with E-state index in [4.69, 9.17) is 14.2 Å².